The van der Waals surface area contributed by atoms with Gasteiger partial charge in [0, 0.05) is 10.9 Å². The molecule has 2 heterocycles. The molecular formula is C12H11N5O2S. The lowest BCUT2D eigenvalue weighted by molar-refractivity contribution is -0.115. The summed E-state index contributed by atoms with van der Waals surface area (Å²) < 4.78 is 5.19. The molecule has 0 radical (unpaired) electrons. The molecule has 0 bridgehead atoms. The van der Waals surface area contributed by atoms with Gasteiger partial charge in [-0.3, -0.25) is 4.79 Å². The number of thioether (sulfide) groups is 1. The van der Waals surface area contributed by atoms with Crippen molar-refractivity contribution in [2.24, 2.45) is 5.73 Å². The van der Waals surface area contributed by atoms with Gasteiger partial charge in [-0.2, -0.15) is 0 Å². The van der Waals surface area contributed by atoms with E-state index in [0.717, 1.165) is 28.4 Å². The van der Waals surface area contributed by atoms with Crippen molar-refractivity contribution in [2.75, 3.05) is 12.9 Å². The van der Waals surface area contributed by atoms with Gasteiger partial charge in [0.2, 0.25) is 11.1 Å². The van der Waals surface area contributed by atoms with Crippen LogP contribution in [-0.4, -0.2) is 38.9 Å². The van der Waals surface area contributed by atoms with Gasteiger partial charge in [0.25, 0.3) is 0 Å². The molecule has 2 aromatic heterocycles. The van der Waals surface area contributed by atoms with Gasteiger partial charge in [-0.15, -0.1) is 10.2 Å². The van der Waals surface area contributed by atoms with Crippen molar-refractivity contribution in [3.8, 4) is 5.75 Å². The molecule has 20 heavy (non-hydrogen) atoms. The maximum Gasteiger partial charge on any atom is 0.227 e. The Morgan fingerprint density at radius 1 is 1.45 bits per heavy atom. The molecule has 0 fully saturated rings. The molecule has 3 N–H and O–H groups in total. The van der Waals surface area contributed by atoms with Crippen LogP contribution in [0, 0.1) is 0 Å². The van der Waals surface area contributed by atoms with Crippen LogP contribution < -0.4 is 10.5 Å². The number of H-pyrrole nitrogens is 1. The van der Waals surface area contributed by atoms with E-state index in [9.17, 15) is 4.79 Å². The third-order valence-corrected chi connectivity index (χ3v) is 3.61. The standard InChI is InChI=1S/C12H11N5O2S/c1-19-6-2-3-8-7(4-6)10-11(14-8)15-12(17-16-10)20-5-9(13)18/h2-4H,5H2,1H3,(H2,13,18)(H,14,15,17). The van der Waals surface area contributed by atoms with E-state index in [4.69, 9.17) is 10.5 Å². The first-order chi connectivity index (χ1) is 9.67. The number of nitrogens with one attached hydrogen (secondary N) is 1. The van der Waals surface area contributed by atoms with Crippen molar-refractivity contribution in [2.45, 2.75) is 5.16 Å². The second-order valence-corrected chi connectivity index (χ2v) is 5.03. The number of aromatic nitrogens is 4. The van der Waals surface area contributed by atoms with Crippen molar-refractivity contribution < 1.29 is 9.53 Å². The van der Waals surface area contributed by atoms with Crippen LogP contribution in [0.2, 0.25) is 0 Å². The summed E-state index contributed by atoms with van der Waals surface area (Å²) in [5.74, 6) is 0.453. The van der Waals surface area contributed by atoms with E-state index in [-0.39, 0.29) is 5.75 Å². The lowest BCUT2D eigenvalue weighted by Crippen LogP contribution is -2.13. The Kier molecular flexibility index (Phi) is 3.15. The highest BCUT2D eigenvalue weighted by molar-refractivity contribution is 7.99. The van der Waals surface area contributed by atoms with E-state index >= 15 is 0 Å². The highest BCUT2D eigenvalue weighted by Gasteiger charge is 2.10. The number of primary amides is 1. The summed E-state index contributed by atoms with van der Waals surface area (Å²) >= 11 is 1.16. The number of hydrogen-bond acceptors (Lipinski definition) is 6. The van der Waals surface area contributed by atoms with Crippen molar-refractivity contribution >= 4 is 39.7 Å². The summed E-state index contributed by atoms with van der Waals surface area (Å²) in [5, 5.41) is 9.45. The molecule has 0 aliphatic rings. The first-order valence-electron chi connectivity index (χ1n) is 5.78. The number of fused-ring (bicyclic) bond motifs is 3. The van der Waals surface area contributed by atoms with E-state index < -0.39 is 5.91 Å². The van der Waals surface area contributed by atoms with Gasteiger partial charge in [0.15, 0.2) is 5.65 Å². The average Bonchev–Trinajstić information content (AvgIpc) is 2.81. The summed E-state index contributed by atoms with van der Waals surface area (Å²) in [6.45, 7) is 0. The number of rotatable bonds is 4. The minimum absolute atomic E-state index is 0.126. The van der Waals surface area contributed by atoms with Crippen LogP contribution in [0.4, 0.5) is 0 Å². The fraction of sp³-hybridized carbons (Fsp3) is 0.167. The maximum absolute atomic E-state index is 10.8. The Bertz CT molecular complexity index is 801. The molecule has 0 unspecified atom stereocenters. The topological polar surface area (TPSA) is 107 Å². The highest BCUT2D eigenvalue weighted by atomic mass is 32.2. The molecule has 3 aromatic rings. The molecule has 0 aliphatic carbocycles. The van der Waals surface area contributed by atoms with Crippen LogP contribution in [0.5, 0.6) is 5.75 Å². The summed E-state index contributed by atoms with van der Waals surface area (Å²) in [6, 6.07) is 5.63. The summed E-state index contributed by atoms with van der Waals surface area (Å²) in [6.07, 6.45) is 0. The van der Waals surface area contributed by atoms with Gasteiger partial charge in [-0.1, -0.05) is 11.8 Å². The number of benzene rings is 1. The zero-order valence-electron chi connectivity index (χ0n) is 10.6. The predicted molar refractivity (Wildman–Crippen MR) is 75.7 cm³/mol. The molecular weight excluding hydrogens is 278 g/mol. The third-order valence-electron chi connectivity index (χ3n) is 2.75. The third kappa shape index (κ3) is 2.25. The Balaban J connectivity index is 2.06. The number of aromatic amines is 1. The van der Waals surface area contributed by atoms with Gasteiger partial charge in [0.1, 0.15) is 11.3 Å². The fourth-order valence-corrected chi connectivity index (χ4v) is 2.39. The molecule has 3 rings (SSSR count). The maximum atomic E-state index is 10.8. The number of carbonyl (C=O) groups is 1. The predicted octanol–water partition coefficient (Wildman–Crippen LogP) is 1.09. The highest BCUT2D eigenvalue weighted by Crippen LogP contribution is 2.26. The monoisotopic (exact) mass is 289 g/mol. The van der Waals surface area contributed by atoms with E-state index in [0.29, 0.717) is 16.3 Å². The first-order valence-corrected chi connectivity index (χ1v) is 6.77. The van der Waals surface area contributed by atoms with E-state index in [1.54, 1.807) is 7.11 Å². The number of amides is 1. The summed E-state index contributed by atoms with van der Waals surface area (Å²) in [4.78, 5) is 18.2. The SMILES string of the molecule is COc1ccc2[nH]c3nc(SCC(N)=O)nnc3c2c1. The normalized spacial score (nSPS) is 11.1. The van der Waals surface area contributed by atoms with Crippen LogP contribution in [-0.2, 0) is 4.79 Å². The zero-order valence-corrected chi connectivity index (χ0v) is 11.4. The molecule has 0 saturated carbocycles. The molecule has 0 atom stereocenters. The second kappa shape index (κ2) is 4.97. The molecule has 1 amide bonds. The Hall–Kier alpha value is -2.35. The minimum Gasteiger partial charge on any atom is -0.497 e. The number of nitrogens with zero attached hydrogens (tertiary/aromatic N) is 3. The Morgan fingerprint density at radius 3 is 3.05 bits per heavy atom. The van der Waals surface area contributed by atoms with Gasteiger partial charge in [-0.25, -0.2) is 4.98 Å². The molecule has 102 valence electrons. The van der Waals surface area contributed by atoms with Crippen molar-refractivity contribution in [3.05, 3.63) is 18.2 Å². The molecule has 0 saturated heterocycles. The van der Waals surface area contributed by atoms with Crippen LogP contribution in [0.15, 0.2) is 23.4 Å². The number of methoxy groups -OCH3 is 1. The fourth-order valence-electron chi connectivity index (χ4n) is 1.86. The zero-order chi connectivity index (χ0) is 14.1. The number of carbonyl (C=O) groups excluding carboxylic acids is 1. The van der Waals surface area contributed by atoms with Gasteiger partial charge >= 0.3 is 0 Å². The quantitative estimate of drug-likeness (QED) is 0.696. The van der Waals surface area contributed by atoms with E-state index in [2.05, 4.69) is 20.2 Å². The Morgan fingerprint density at radius 2 is 2.30 bits per heavy atom. The van der Waals surface area contributed by atoms with E-state index in [1.807, 2.05) is 18.2 Å². The average molecular weight is 289 g/mol. The lowest BCUT2D eigenvalue weighted by Gasteiger charge is -1.98. The second-order valence-electron chi connectivity index (χ2n) is 4.08. The molecule has 0 aliphatic heterocycles. The van der Waals surface area contributed by atoms with Gasteiger partial charge in [0.05, 0.1) is 12.9 Å². The summed E-state index contributed by atoms with van der Waals surface area (Å²) in [5.41, 5.74) is 7.28. The molecule has 8 heteroatoms. The largest absolute Gasteiger partial charge is 0.497 e. The molecule has 0 spiro atoms. The van der Waals surface area contributed by atoms with Crippen LogP contribution >= 0.6 is 11.8 Å². The van der Waals surface area contributed by atoms with E-state index in [1.165, 1.54) is 0 Å². The first kappa shape index (κ1) is 12.7. The van der Waals surface area contributed by atoms with Crippen LogP contribution in [0.1, 0.15) is 0 Å². The molecule has 1 aromatic carbocycles. The smallest absolute Gasteiger partial charge is 0.227 e. The molecule has 7 nitrogen and oxygen atoms in total. The van der Waals surface area contributed by atoms with Crippen molar-refractivity contribution in [1.29, 1.82) is 0 Å². The Labute approximate surface area is 117 Å². The van der Waals surface area contributed by atoms with Crippen LogP contribution in [0.3, 0.4) is 0 Å². The van der Waals surface area contributed by atoms with Crippen molar-refractivity contribution in [3.63, 3.8) is 0 Å². The van der Waals surface area contributed by atoms with Crippen LogP contribution in [0.25, 0.3) is 22.1 Å². The minimum atomic E-state index is -0.417. The lowest BCUT2D eigenvalue weighted by atomic mass is 10.2. The number of hydrogen-bond donors (Lipinski definition) is 2. The number of ether oxygens (including phenoxy) is 1. The van der Waals surface area contributed by atoms with Gasteiger partial charge < -0.3 is 15.5 Å². The summed E-state index contributed by atoms with van der Waals surface area (Å²) in [7, 11) is 1.61. The van der Waals surface area contributed by atoms with Crippen molar-refractivity contribution in [1.82, 2.24) is 20.2 Å². The van der Waals surface area contributed by atoms with Gasteiger partial charge in [-0.05, 0) is 18.2 Å². The number of nitrogens with two attached hydrogens (primary N) is 1.